The highest BCUT2D eigenvalue weighted by Crippen LogP contribution is 2.25. The summed E-state index contributed by atoms with van der Waals surface area (Å²) in [6.45, 7) is 10.2. The third kappa shape index (κ3) is 9.49. The predicted octanol–water partition coefficient (Wildman–Crippen LogP) is 1.61. The highest BCUT2D eigenvalue weighted by Gasteiger charge is 2.44. The number of rotatable bonds is 15. The molecule has 1 aliphatic heterocycles. The number of carbonyl (C=O) groups is 6. The first-order valence-electron chi connectivity index (χ1n) is 15.5. The lowest BCUT2D eigenvalue weighted by Crippen LogP contribution is -2.59. The van der Waals surface area contributed by atoms with E-state index in [1.54, 1.807) is 34.6 Å². The highest BCUT2D eigenvalue weighted by atomic mass is 16.5. The van der Waals surface area contributed by atoms with Crippen molar-refractivity contribution in [1.29, 1.82) is 0 Å². The van der Waals surface area contributed by atoms with Crippen LogP contribution in [-0.4, -0.2) is 86.9 Å². The molecular weight excluding hydrogens is 592 g/mol. The van der Waals surface area contributed by atoms with Crippen molar-refractivity contribution in [1.82, 2.24) is 30.8 Å². The van der Waals surface area contributed by atoms with Crippen molar-refractivity contribution in [2.75, 3.05) is 6.54 Å². The molecule has 0 saturated carbocycles. The number of nitrogens with one attached hydrogen (secondary N) is 3. The van der Waals surface area contributed by atoms with Crippen molar-refractivity contribution < 1.29 is 33.5 Å². The molecule has 0 spiro atoms. The van der Waals surface area contributed by atoms with Crippen LogP contribution in [-0.2, 0) is 35.3 Å². The van der Waals surface area contributed by atoms with Gasteiger partial charge in [-0.1, -0.05) is 65.0 Å². The monoisotopic (exact) mass is 636 g/mol. The van der Waals surface area contributed by atoms with Crippen molar-refractivity contribution in [2.45, 2.75) is 91.3 Å². The van der Waals surface area contributed by atoms with Crippen molar-refractivity contribution in [3.63, 3.8) is 0 Å². The first-order chi connectivity index (χ1) is 21.8. The quantitative estimate of drug-likeness (QED) is 0.245. The second-order valence-corrected chi connectivity index (χ2v) is 12.1. The predicted molar refractivity (Wildman–Crippen MR) is 168 cm³/mol. The molecule has 3 N–H and O–H groups in total. The maximum atomic E-state index is 14.1. The zero-order valence-corrected chi connectivity index (χ0v) is 27.2. The summed E-state index contributed by atoms with van der Waals surface area (Å²) in [7, 11) is 0. The molecule has 4 amide bonds. The lowest BCUT2D eigenvalue weighted by Gasteiger charge is -2.32. The van der Waals surface area contributed by atoms with Crippen LogP contribution in [0.2, 0.25) is 0 Å². The van der Waals surface area contributed by atoms with Gasteiger partial charge in [-0.15, -0.1) is 0 Å². The van der Waals surface area contributed by atoms with Crippen LogP contribution in [0.1, 0.15) is 70.4 Å². The molecule has 1 saturated heterocycles. The molecule has 1 aromatic heterocycles. The van der Waals surface area contributed by atoms with Gasteiger partial charge in [-0.25, -0.2) is 4.98 Å². The van der Waals surface area contributed by atoms with Crippen molar-refractivity contribution >= 4 is 35.2 Å². The Bertz CT molecular complexity index is 1390. The maximum absolute atomic E-state index is 14.1. The molecule has 13 heteroatoms. The van der Waals surface area contributed by atoms with E-state index >= 15 is 0 Å². The van der Waals surface area contributed by atoms with E-state index < -0.39 is 71.4 Å². The van der Waals surface area contributed by atoms with Gasteiger partial charge >= 0.3 is 0 Å². The van der Waals surface area contributed by atoms with Crippen molar-refractivity contribution in [2.24, 2.45) is 11.8 Å². The number of nitrogens with zero attached hydrogens (tertiary/aromatic N) is 3. The van der Waals surface area contributed by atoms with Crippen LogP contribution >= 0.6 is 0 Å². The van der Waals surface area contributed by atoms with Crippen molar-refractivity contribution in [3.05, 3.63) is 60.2 Å². The summed E-state index contributed by atoms with van der Waals surface area (Å²) in [5.74, 6) is -4.40. The van der Waals surface area contributed by atoms with E-state index in [0.717, 1.165) is 12.5 Å². The van der Waals surface area contributed by atoms with Crippen LogP contribution in [0.25, 0.3) is 0 Å². The average Bonchev–Trinajstić information content (AvgIpc) is 3.48. The second-order valence-electron chi connectivity index (χ2n) is 12.1. The fourth-order valence-corrected chi connectivity index (χ4v) is 5.17. The number of likely N-dealkylation sites (tertiary alicyclic amines) is 1. The average molecular weight is 637 g/mol. The summed E-state index contributed by atoms with van der Waals surface area (Å²) in [4.78, 5) is 87.4. The number of hydrogen-bond donors (Lipinski definition) is 3. The summed E-state index contributed by atoms with van der Waals surface area (Å²) < 4.78 is 6.10. The SMILES string of the molecule is CCC(NC(=O)[C@@H]1C[C@@H](OCc2ccccc2)CN1C(=O)[C@H](NC(=O)[C@H](NC(=O)c1cnccn1)C(C)C)C(C)C)C(=O)C(C)=O. The van der Waals surface area contributed by atoms with Gasteiger partial charge in [0.15, 0.2) is 5.78 Å². The summed E-state index contributed by atoms with van der Waals surface area (Å²) in [5.41, 5.74) is 0.959. The Morgan fingerprint density at radius 3 is 2.17 bits per heavy atom. The molecule has 13 nitrogen and oxygen atoms in total. The Hall–Kier alpha value is -4.52. The molecule has 248 valence electrons. The minimum absolute atomic E-state index is 0.0403. The molecule has 1 fully saturated rings. The minimum atomic E-state index is -1.05. The number of benzene rings is 1. The third-order valence-electron chi connectivity index (χ3n) is 7.83. The van der Waals surface area contributed by atoms with E-state index in [1.165, 1.54) is 23.5 Å². The molecule has 1 aliphatic rings. The third-order valence-corrected chi connectivity index (χ3v) is 7.83. The zero-order valence-electron chi connectivity index (χ0n) is 27.2. The summed E-state index contributed by atoms with van der Waals surface area (Å²) in [5, 5.41) is 8.12. The van der Waals surface area contributed by atoms with Gasteiger partial charge in [0.1, 0.15) is 23.8 Å². The Labute approximate surface area is 269 Å². The molecule has 0 radical (unpaired) electrons. The van der Waals surface area contributed by atoms with Gasteiger partial charge in [0.25, 0.3) is 5.91 Å². The molecule has 1 unspecified atom stereocenters. The smallest absolute Gasteiger partial charge is 0.272 e. The molecule has 2 heterocycles. The van der Waals surface area contributed by atoms with E-state index in [0.29, 0.717) is 0 Å². The van der Waals surface area contributed by atoms with Crippen LogP contribution in [0.5, 0.6) is 0 Å². The zero-order chi connectivity index (χ0) is 34.0. The number of ether oxygens (including phenoxy) is 1. The molecule has 5 atom stereocenters. The lowest BCUT2D eigenvalue weighted by atomic mass is 9.98. The number of Topliss-reactive ketones (excluding diaryl/α,β-unsaturated/α-hetero) is 2. The van der Waals surface area contributed by atoms with E-state index in [9.17, 15) is 28.8 Å². The van der Waals surface area contributed by atoms with Crippen LogP contribution in [0.15, 0.2) is 48.9 Å². The summed E-state index contributed by atoms with van der Waals surface area (Å²) in [6, 6.07) is 5.36. The summed E-state index contributed by atoms with van der Waals surface area (Å²) in [6.07, 6.45) is 3.91. The Kier molecular flexibility index (Phi) is 13.0. The van der Waals surface area contributed by atoms with Crippen molar-refractivity contribution in [3.8, 4) is 0 Å². The fraction of sp³-hybridized carbons (Fsp3) is 0.515. The Morgan fingerprint density at radius 1 is 0.935 bits per heavy atom. The van der Waals surface area contributed by atoms with Gasteiger partial charge in [-0.05, 0) is 23.8 Å². The molecule has 0 bridgehead atoms. The van der Waals surface area contributed by atoms with E-state index in [-0.39, 0.29) is 37.6 Å². The number of carbonyl (C=O) groups excluding carboxylic acids is 6. The van der Waals surface area contributed by atoms with Gasteiger partial charge < -0.3 is 25.6 Å². The first-order valence-corrected chi connectivity index (χ1v) is 15.5. The number of ketones is 2. The van der Waals surface area contributed by atoms with E-state index in [2.05, 4.69) is 25.9 Å². The van der Waals surface area contributed by atoms with E-state index in [4.69, 9.17) is 4.74 Å². The maximum Gasteiger partial charge on any atom is 0.272 e. The van der Waals surface area contributed by atoms with Gasteiger partial charge in [0, 0.05) is 32.3 Å². The van der Waals surface area contributed by atoms with Gasteiger partial charge in [0.2, 0.25) is 23.5 Å². The number of amides is 4. The molecule has 46 heavy (non-hydrogen) atoms. The minimum Gasteiger partial charge on any atom is -0.372 e. The molecule has 3 rings (SSSR count). The van der Waals surface area contributed by atoms with Gasteiger partial charge in [0.05, 0.1) is 24.9 Å². The number of aromatic nitrogens is 2. The fourth-order valence-electron chi connectivity index (χ4n) is 5.17. The second kappa shape index (κ2) is 16.7. The van der Waals surface area contributed by atoms with Gasteiger partial charge in [-0.3, -0.25) is 33.8 Å². The topological polar surface area (TPSA) is 177 Å². The van der Waals surface area contributed by atoms with E-state index in [1.807, 2.05) is 30.3 Å². The van der Waals surface area contributed by atoms with Crippen LogP contribution < -0.4 is 16.0 Å². The van der Waals surface area contributed by atoms with Crippen LogP contribution in [0.4, 0.5) is 0 Å². The standard InChI is InChI=1S/C33H44N6O7/c1-7-24(29(41)21(6)40)36-31(43)26-15-23(46-18-22-11-9-8-10-12-22)17-39(26)33(45)28(20(4)5)38-32(44)27(19(2)3)37-30(42)25-16-34-13-14-35-25/h8-14,16,19-20,23-24,26-28H,7,15,17-18H2,1-6H3,(H,36,43)(H,37,42)(H,38,44)/t23-,24?,26+,27-,28-/m1/s1. The first kappa shape index (κ1) is 36.0. The molecule has 2 aromatic rings. The molecular formula is C33H44N6O7. The Morgan fingerprint density at radius 2 is 1.61 bits per heavy atom. The van der Waals surface area contributed by atoms with Gasteiger partial charge in [-0.2, -0.15) is 0 Å². The van der Waals surface area contributed by atoms with Crippen LogP contribution in [0, 0.1) is 11.8 Å². The van der Waals surface area contributed by atoms with Crippen LogP contribution in [0.3, 0.4) is 0 Å². The normalized spacial score (nSPS) is 18.0. The lowest BCUT2D eigenvalue weighted by molar-refractivity contribution is -0.144. The number of hydrogen-bond acceptors (Lipinski definition) is 9. The largest absolute Gasteiger partial charge is 0.372 e. The summed E-state index contributed by atoms with van der Waals surface area (Å²) >= 11 is 0. The molecule has 0 aliphatic carbocycles. The Balaban J connectivity index is 1.82. The highest BCUT2D eigenvalue weighted by molar-refractivity contribution is 6.38. The molecule has 1 aromatic carbocycles.